The Morgan fingerprint density at radius 2 is 1.83 bits per heavy atom. The van der Waals surface area contributed by atoms with Crippen LogP contribution in [0.25, 0.3) is 0 Å². The summed E-state index contributed by atoms with van der Waals surface area (Å²) in [5, 5.41) is 10.7. The van der Waals surface area contributed by atoms with E-state index in [2.05, 4.69) is 5.32 Å². The third-order valence-electron chi connectivity index (χ3n) is 1.19. The van der Waals surface area contributed by atoms with Crippen LogP contribution in [0.4, 0.5) is 10.1 Å². The third kappa shape index (κ3) is 1.79. The molecule has 12 heavy (non-hydrogen) atoms. The summed E-state index contributed by atoms with van der Waals surface area (Å²) in [6.07, 6.45) is 1.64. The molecule has 0 radical (unpaired) electrons. The Labute approximate surface area is 78.5 Å². The molecular weight excluding hydrogens is 202 g/mol. The van der Waals surface area contributed by atoms with Gasteiger partial charge < -0.3 is 0 Å². The van der Waals surface area contributed by atoms with E-state index in [1.165, 1.54) is 0 Å². The molecule has 0 saturated carbocycles. The van der Waals surface area contributed by atoms with Crippen molar-refractivity contribution >= 4 is 28.9 Å². The van der Waals surface area contributed by atoms with Gasteiger partial charge in [-0.05, 0) is 12.1 Å². The van der Waals surface area contributed by atoms with E-state index in [0.717, 1.165) is 12.1 Å². The Kier molecular flexibility index (Phi) is 2.74. The van der Waals surface area contributed by atoms with E-state index in [1.54, 1.807) is 6.19 Å². The van der Waals surface area contributed by atoms with Crippen LogP contribution in [0, 0.1) is 17.3 Å². The first-order valence-corrected chi connectivity index (χ1v) is 3.70. The topological polar surface area (TPSA) is 35.8 Å². The molecule has 0 spiro atoms. The number of hydrogen-bond acceptors (Lipinski definition) is 2. The maximum Gasteiger partial charge on any atom is 0.181 e. The van der Waals surface area contributed by atoms with Crippen LogP contribution >= 0.6 is 23.2 Å². The highest BCUT2D eigenvalue weighted by Crippen LogP contribution is 2.30. The van der Waals surface area contributed by atoms with Crippen molar-refractivity contribution in [3.8, 4) is 6.19 Å². The smallest absolute Gasteiger partial charge is 0.181 e. The number of hydrogen-bond donors (Lipinski definition) is 1. The van der Waals surface area contributed by atoms with Crippen LogP contribution < -0.4 is 5.32 Å². The van der Waals surface area contributed by atoms with E-state index < -0.39 is 5.82 Å². The molecule has 0 saturated heterocycles. The van der Waals surface area contributed by atoms with E-state index in [9.17, 15) is 4.39 Å². The SMILES string of the molecule is N#CNc1c(Cl)cc(F)cc1Cl. The van der Waals surface area contributed by atoms with Crippen LogP contribution in [0.5, 0.6) is 0 Å². The summed E-state index contributed by atoms with van der Waals surface area (Å²) in [4.78, 5) is 0. The van der Waals surface area contributed by atoms with Crippen LogP contribution in [0.15, 0.2) is 12.1 Å². The van der Waals surface area contributed by atoms with Crippen LogP contribution in [0.2, 0.25) is 10.0 Å². The number of nitriles is 1. The lowest BCUT2D eigenvalue weighted by Gasteiger charge is -2.02. The first kappa shape index (κ1) is 9.11. The van der Waals surface area contributed by atoms with Gasteiger partial charge in [-0.3, -0.25) is 5.32 Å². The predicted octanol–water partition coefficient (Wildman–Crippen LogP) is 3.03. The fourth-order valence-corrected chi connectivity index (χ4v) is 1.27. The van der Waals surface area contributed by atoms with Gasteiger partial charge in [-0.2, -0.15) is 5.26 Å². The first-order chi connectivity index (χ1) is 5.65. The van der Waals surface area contributed by atoms with Gasteiger partial charge in [0.25, 0.3) is 0 Å². The van der Waals surface area contributed by atoms with Gasteiger partial charge in [0.15, 0.2) is 6.19 Å². The zero-order chi connectivity index (χ0) is 9.14. The Morgan fingerprint density at radius 3 is 2.25 bits per heavy atom. The maximum atomic E-state index is 12.6. The summed E-state index contributed by atoms with van der Waals surface area (Å²) in [6.45, 7) is 0. The van der Waals surface area contributed by atoms with Crippen molar-refractivity contribution in [3.63, 3.8) is 0 Å². The molecule has 0 atom stereocenters. The maximum absolute atomic E-state index is 12.6. The average molecular weight is 205 g/mol. The summed E-state index contributed by atoms with van der Waals surface area (Å²) in [5.41, 5.74) is 0.224. The van der Waals surface area contributed by atoms with Crippen molar-refractivity contribution in [1.82, 2.24) is 0 Å². The first-order valence-electron chi connectivity index (χ1n) is 2.95. The molecule has 5 heteroatoms. The summed E-state index contributed by atoms with van der Waals surface area (Å²) in [5.74, 6) is -0.534. The van der Waals surface area contributed by atoms with Gasteiger partial charge in [0.1, 0.15) is 5.82 Å². The number of rotatable bonds is 1. The average Bonchev–Trinajstić information content (AvgIpc) is 1.96. The minimum atomic E-state index is -0.534. The number of nitrogens with one attached hydrogen (secondary N) is 1. The Balaban J connectivity index is 3.21. The lowest BCUT2D eigenvalue weighted by molar-refractivity contribution is 0.628. The van der Waals surface area contributed by atoms with Crippen molar-refractivity contribution in [2.75, 3.05) is 5.32 Å². The van der Waals surface area contributed by atoms with Gasteiger partial charge in [-0.1, -0.05) is 23.2 Å². The molecule has 2 nitrogen and oxygen atoms in total. The molecule has 1 N–H and O–H groups in total. The van der Waals surface area contributed by atoms with Crippen molar-refractivity contribution in [2.24, 2.45) is 0 Å². The predicted molar refractivity (Wildman–Crippen MR) is 45.7 cm³/mol. The van der Waals surface area contributed by atoms with Crippen LogP contribution in [-0.2, 0) is 0 Å². The molecule has 0 unspecified atom stereocenters. The van der Waals surface area contributed by atoms with Gasteiger partial charge in [-0.25, -0.2) is 4.39 Å². The molecule has 1 aromatic carbocycles. The molecule has 0 bridgehead atoms. The highest BCUT2D eigenvalue weighted by atomic mass is 35.5. The van der Waals surface area contributed by atoms with Crippen molar-refractivity contribution in [1.29, 1.82) is 5.26 Å². The van der Waals surface area contributed by atoms with Crippen LogP contribution in [0.3, 0.4) is 0 Å². The molecule has 0 fully saturated rings. The van der Waals surface area contributed by atoms with Crippen molar-refractivity contribution in [3.05, 3.63) is 28.0 Å². The number of anilines is 1. The van der Waals surface area contributed by atoms with E-state index in [4.69, 9.17) is 28.5 Å². The zero-order valence-electron chi connectivity index (χ0n) is 5.74. The number of benzene rings is 1. The summed E-state index contributed by atoms with van der Waals surface area (Å²) < 4.78 is 12.6. The van der Waals surface area contributed by atoms with E-state index in [1.807, 2.05) is 0 Å². The molecular formula is C7H3Cl2FN2. The van der Waals surface area contributed by atoms with E-state index in [0.29, 0.717) is 0 Å². The van der Waals surface area contributed by atoms with Crippen molar-refractivity contribution < 1.29 is 4.39 Å². The quantitative estimate of drug-likeness (QED) is 0.564. The highest BCUT2D eigenvalue weighted by Gasteiger charge is 2.06. The molecule has 1 aromatic rings. The molecule has 0 aromatic heterocycles. The molecule has 0 heterocycles. The summed E-state index contributed by atoms with van der Waals surface area (Å²) in [6, 6.07) is 2.15. The van der Waals surface area contributed by atoms with Crippen LogP contribution in [0.1, 0.15) is 0 Å². The molecule has 0 aliphatic carbocycles. The van der Waals surface area contributed by atoms with Gasteiger partial charge >= 0.3 is 0 Å². The third-order valence-corrected chi connectivity index (χ3v) is 1.78. The number of halogens is 3. The molecule has 62 valence electrons. The van der Waals surface area contributed by atoms with Crippen molar-refractivity contribution in [2.45, 2.75) is 0 Å². The van der Waals surface area contributed by atoms with Gasteiger partial charge in [0.05, 0.1) is 15.7 Å². The zero-order valence-corrected chi connectivity index (χ0v) is 7.25. The normalized spacial score (nSPS) is 9.17. The fourth-order valence-electron chi connectivity index (χ4n) is 0.718. The summed E-state index contributed by atoms with van der Waals surface area (Å²) in [7, 11) is 0. The Bertz CT molecular complexity index is 323. The van der Waals surface area contributed by atoms with E-state index >= 15 is 0 Å². The lowest BCUT2D eigenvalue weighted by atomic mass is 10.3. The Morgan fingerprint density at radius 1 is 1.33 bits per heavy atom. The molecule has 0 amide bonds. The number of nitrogens with zero attached hydrogens (tertiary/aromatic N) is 1. The fraction of sp³-hybridized carbons (Fsp3) is 0. The minimum Gasteiger partial charge on any atom is -0.290 e. The van der Waals surface area contributed by atoms with Gasteiger partial charge in [-0.15, -0.1) is 0 Å². The highest BCUT2D eigenvalue weighted by molar-refractivity contribution is 6.39. The minimum absolute atomic E-state index is 0.0848. The van der Waals surface area contributed by atoms with Crippen LogP contribution in [-0.4, -0.2) is 0 Å². The van der Waals surface area contributed by atoms with E-state index in [-0.39, 0.29) is 15.7 Å². The second-order valence-corrected chi connectivity index (χ2v) is 2.80. The second-order valence-electron chi connectivity index (χ2n) is 1.98. The standard InChI is InChI=1S/C7H3Cl2FN2/c8-5-1-4(10)2-6(9)7(5)12-3-11/h1-2,12H. The largest absolute Gasteiger partial charge is 0.290 e. The summed E-state index contributed by atoms with van der Waals surface area (Å²) >= 11 is 11.2. The molecule has 0 aliphatic rings. The lowest BCUT2D eigenvalue weighted by Crippen LogP contribution is -1.90. The van der Waals surface area contributed by atoms with Gasteiger partial charge in [0, 0.05) is 0 Å². The monoisotopic (exact) mass is 204 g/mol. The molecule has 0 aliphatic heterocycles. The van der Waals surface area contributed by atoms with Gasteiger partial charge in [0.2, 0.25) is 0 Å². The second kappa shape index (κ2) is 3.61. The molecule has 1 rings (SSSR count). The Hall–Kier alpha value is -0.980.